The Bertz CT molecular complexity index is 1560. The highest BCUT2D eigenvalue weighted by Gasteiger charge is 2.50. The molecule has 2 fully saturated rings. The molecule has 0 radical (unpaired) electrons. The predicted octanol–water partition coefficient (Wildman–Crippen LogP) is -4.69. The third kappa shape index (κ3) is 5.10. The van der Waals surface area contributed by atoms with Crippen LogP contribution in [0.5, 0.6) is 0 Å². The average molecular weight is 589 g/mol. The van der Waals surface area contributed by atoms with E-state index in [1.165, 1.54) is 0 Å². The Kier molecular flexibility index (Phi) is 7.43. The van der Waals surface area contributed by atoms with Crippen molar-refractivity contribution in [2.45, 2.75) is 49.1 Å². The lowest BCUT2D eigenvalue weighted by atomic mass is 10.1. The first-order valence-electron chi connectivity index (χ1n) is 11.4. The molecule has 5 heterocycles. The van der Waals surface area contributed by atoms with Crippen LogP contribution in [-0.4, -0.2) is 109 Å². The number of aromatic amines is 1. The third-order valence-corrected chi connectivity index (χ3v) is 7.21. The van der Waals surface area contributed by atoms with Crippen molar-refractivity contribution in [1.82, 2.24) is 34.1 Å². The molecule has 9 atom stereocenters. The first-order chi connectivity index (χ1) is 18.9. The zero-order valence-corrected chi connectivity index (χ0v) is 21.0. The predicted molar refractivity (Wildman–Crippen MR) is 127 cm³/mol. The monoisotopic (exact) mass is 589 g/mol. The number of ether oxygens (including phenoxy) is 2. The minimum atomic E-state index is -5.05. The highest BCUT2D eigenvalue weighted by molar-refractivity contribution is 7.47. The van der Waals surface area contributed by atoms with E-state index in [0.717, 1.165) is 21.8 Å². The van der Waals surface area contributed by atoms with Crippen LogP contribution in [0.4, 0.5) is 11.9 Å². The van der Waals surface area contributed by atoms with E-state index in [0.29, 0.717) is 0 Å². The standard InChI is InChI=1S/C18H24N9O12P/c19-16-22-4-27(18(33)25-16)15-10(31)11(5(1-28)37-15)39-40(34,35)36-2-6-8(29)9(30)14(38-6)26-3-21-7-12(26)23-17(20)24-13(7)32/h3-6,8-11,14-15,28-31H,1-2H2,(H,34,35)(H2,19,25,33)(H3,20,23,24,32)/t5-,6-,8?,9+,10?,11?,14-,15-/m1/s1. The van der Waals surface area contributed by atoms with Crippen LogP contribution >= 0.6 is 7.82 Å². The van der Waals surface area contributed by atoms with E-state index in [4.69, 9.17) is 30.0 Å². The Hall–Kier alpha value is -3.37. The van der Waals surface area contributed by atoms with Crippen molar-refractivity contribution in [2.75, 3.05) is 24.7 Å². The normalized spacial score (nSPS) is 32.0. The van der Waals surface area contributed by atoms with Gasteiger partial charge in [-0.15, -0.1) is 0 Å². The molecule has 5 rings (SSSR count). The number of hydrogen-bond donors (Lipinski definition) is 8. The number of H-pyrrole nitrogens is 1. The van der Waals surface area contributed by atoms with Crippen molar-refractivity contribution >= 4 is 30.9 Å². The second-order valence-corrected chi connectivity index (χ2v) is 10.2. The minimum absolute atomic E-state index is 0.0549. The van der Waals surface area contributed by atoms with Gasteiger partial charge in [0.2, 0.25) is 11.9 Å². The number of nitrogens with two attached hydrogens (primary N) is 2. The largest absolute Gasteiger partial charge is 0.472 e. The Morgan fingerprint density at radius 3 is 2.38 bits per heavy atom. The van der Waals surface area contributed by atoms with Crippen LogP contribution in [0, 0.1) is 0 Å². The first-order valence-corrected chi connectivity index (χ1v) is 12.9. The molecule has 2 aliphatic rings. The summed E-state index contributed by atoms with van der Waals surface area (Å²) in [6.45, 7) is -1.59. The quantitative estimate of drug-likeness (QED) is 0.114. The van der Waals surface area contributed by atoms with Gasteiger partial charge in [0, 0.05) is 0 Å². The van der Waals surface area contributed by atoms with Crippen LogP contribution in [0.25, 0.3) is 11.2 Å². The van der Waals surface area contributed by atoms with E-state index in [-0.39, 0.29) is 23.1 Å². The average Bonchev–Trinajstić information content (AvgIpc) is 3.53. The molecule has 0 aromatic carbocycles. The van der Waals surface area contributed by atoms with Crippen LogP contribution in [0.1, 0.15) is 12.5 Å². The summed E-state index contributed by atoms with van der Waals surface area (Å²) in [7, 11) is -5.05. The number of fused-ring (bicyclic) bond motifs is 1. The topological polar surface area (TPSA) is 319 Å². The second-order valence-electron chi connectivity index (χ2n) is 8.80. The summed E-state index contributed by atoms with van der Waals surface area (Å²) in [6.07, 6.45) is -10.3. The summed E-state index contributed by atoms with van der Waals surface area (Å²) in [4.78, 5) is 51.5. The molecule has 2 saturated heterocycles. The second kappa shape index (κ2) is 10.6. The van der Waals surface area contributed by atoms with E-state index in [1.54, 1.807) is 0 Å². The maximum Gasteiger partial charge on any atom is 0.472 e. The Morgan fingerprint density at radius 2 is 1.68 bits per heavy atom. The highest BCUT2D eigenvalue weighted by atomic mass is 31.2. The van der Waals surface area contributed by atoms with Crippen LogP contribution in [-0.2, 0) is 23.1 Å². The number of nitrogens with zero attached hydrogens (tertiary/aromatic N) is 6. The molecule has 0 saturated carbocycles. The fourth-order valence-corrected chi connectivity index (χ4v) is 5.30. The maximum absolute atomic E-state index is 12.7. The van der Waals surface area contributed by atoms with Gasteiger partial charge in [-0.3, -0.25) is 28.0 Å². The van der Waals surface area contributed by atoms with Crippen LogP contribution in [0.3, 0.4) is 0 Å². The summed E-state index contributed by atoms with van der Waals surface area (Å²) in [5.41, 5.74) is 9.13. The van der Waals surface area contributed by atoms with Gasteiger partial charge in [0.1, 0.15) is 43.0 Å². The summed E-state index contributed by atoms with van der Waals surface area (Å²) < 4.78 is 35.5. The van der Waals surface area contributed by atoms with Gasteiger partial charge in [-0.25, -0.2) is 19.3 Å². The lowest BCUT2D eigenvalue weighted by Crippen LogP contribution is -2.38. The zero-order chi connectivity index (χ0) is 28.9. The van der Waals surface area contributed by atoms with Gasteiger partial charge >= 0.3 is 13.5 Å². The number of imidazole rings is 1. The number of aliphatic hydroxyl groups excluding tert-OH is 4. The molecule has 0 amide bonds. The molecule has 40 heavy (non-hydrogen) atoms. The van der Waals surface area contributed by atoms with E-state index >= 15 is 0 Å². The van der Waals surface area contributed by atoms with Crippen LogP contribution in [0.2, 0.25) is 0 Å². The number of anilines is 2. The van der Waals surface area contributed by atoms with Gasteiger partial charge in [-0.2, -0.15) is 9.97 Å². The molecule has 0 bridgehead atoms. The van der Waals surface area contributed by atoms with Gasteiger partial charge in [0.25, 0.3) is 5.56 Å². The molecule has 218 valence electrons. The number of nitrogens with one attached hydrogen (secondary N) is 1. The Labute approximate surface area is 221 Å². The minimum Gasteiger partial charge on any atom is -0.394 e. The lowest BCUT2D eigenvalue weighted by molar-refractivity contribution is -0.0596. The summed E-state index contributed by atoms with van der Waals surface area (Å²) >= 11 is 0. The van der Waals surface area contributed by atoms with Crippen molar-refractivity contribution in [3.8, 4) is 0 Å². The van der Waals surface area contributed by atoms with Gasteiger partial charge in [-0.1, -0.05) is 0 Å². The van der Waals surface area contributed by atoms with Crippen LogP contribution < -0.4 is 22.7 Å². The molecule has 0 spiro atoms. The zero-order valence-electron chi connectivity index (χ0n) is 20.1. The van der Waals surface area contributed by atoms with Gasteiger partial charge in [-0.05, 0) is 0 Å². The molecule has 10 N–H and O–H groups in total. The summed E-state index contributed by atoms with van der Waals surface area (Å²) in [5, 5.41) is 41.3. The molecular weight excluding hydrogens is 565 g/mol. The highest BCUT2D eigenvalue weighted by Crippen LogP contribution is 2.49. The molecule has 2 aliphatic heterocycles. The van der Waals surface area contributed by atoms with E-state index in [2.05, 4.69) is 24.9 Å². The molecule has 4 unspecified atom stereocenters. The third-order valence-electron chi connectivity index (χ3n) is 6.23. The summed E-state index contributed by atoms with van der Waals surface area (Å²) in [6, 6.07) is 0. The number of phosphoric ester groups is 1. The Morgan fingerprint density at radius 1 is 1.00 bits per heavy atom. The summed E-state index contributed by atoms with van der Waals surface area (Å²) in [5.74, 6) is -0.576. The van der Waals surface area contributed by atoms with Gasteiger partial charge in [0.05, 0.1) is 19.5 Å². The van der Waals surface area contributed by atoms with Crippen molar-refractivity contribution in [1.29, 1.82) is 0 Å². The van der Waals surface area contributed by atoms with Crippen molar-refractivity contribution in [3.05, 3.63) is 33.5 Å². The first kappa shape index (κ1) is 28.2. The molecule has 21 nitrogen and oxygen atoms in total. The molecule has 0 aliphatic carbocycles. The number of aromatic nitrogens is 7. The molecule has 3 aromatic rings. The molecule has 22 heteroatoms. The molecule has 3 aromatic heterocycles. The number of rotatable bonds is 8. The fraction of sp³-hybridized carbons (Fsp3) is 0.556. The van der Waals surface area contributed by atoms with Crippen molar-refractivity contribution < 1.29 is 48.4 Å². The Balaban J connectivity index is 1.27. The van der Waals surface area contributed by atoms with Crippen LogP contribution in [0.15, 0.2) is 22.2 Å². The number of hydrogen-bond acceptors (Lipinski definition) is 17. The SMILES string of the molecule is Nc1ncn([C@@H]2O[C@H](CO)C(OP(=O)(O)OC[C@H]3O[C@@H](n4cnc5c(=O)[nH]c(N)nc54)[C@@H](O)C3O)C2O)c(=O)n1. The van der Waals surface area contributed by atoms with E-state index in [1.807, 2.05) is 0 Å². The van der Waals surface area contributed by atoms with Crippen molar-refractivity contribution in [2.24, 2.45) is 0 Å². The lowest BCUT2D eigenvalue weighted by Gasteiger charge is -2.23. The maximum atomic E-state index is 12.7. The number of nitrogen functional groups attached to an aromatic ring is 2. The van der Waals surface area contributed by atoms with E-state index in [9.17, 15) is 39.5 Å². The smallest absolute Gasteiger partial charge is 0.394 e. The van der Waals surface area contributed by atoms with Crippen molar-refractivity contribution in [3.63, 3.8) is 0 Å². The van der Waals surface area contributed by atoms with E-state index < -0.39 is 81.4 Å². The fourth-order valence-electron chi connectivity index (χ4n) is 4.33. The molecular formula is C18H24N9O12P. The number of aliphatic hydroxyl groups is 4. The van der Waals surface area contributed by atoms with Gasteiger partial charge < -0.3 is 46.3 Å². The van der Waals surface area contributed by atoms with Gasteiger partial charge in [0.15, 0.2) is 23.6 Å². The number of phosphoric acid groups is 1.